The van der Waals surface area contributed by atoms with Gasteiger partial charge < -0.3 is 10.2 Å². The van der Waals surface area contributed by atoms with Gasteiger partial charge in [-0.25, -0.2) is 4.39 Å². The highest BCUT2D eigenvalue weighted by atomic mass is 19.4. The minimum Gasteiger partial charge on any atom is -0.352 e. The van der Waals surface area contributed by atoms with Gasteiger partial charge in [0.05, 0.1) is 11.0 Å². The number of hydrogen-bond donors (Lipinski definition) is 1. The number of hydrogen-bond acceptors (Lipinski definition) is 2. The maximum absolute atomic E-state index is 13.6. The zero-order chi connectivity index (χ0) is 27.9. The number of halogens is 4. The number of carbonyl (C=O) groups excluding carboxylic acids is 2. The summed E-state index contributed by atoms with van der Waals surface area (Å²) in [5, 5.41) is 2.87. The molecular weight excluding hydrogens is 508 g/mol. The second-order valence-corrected chi connectivity index (χ2v) is 10.2. The highest BCUT2D eigenvalue weighted by Gasteiger charge is 2.42. The first-order valence-electron chi connectivity index (χ1n) is 13.1. The molecule has 1 aliphatic carbocycles. The number of allylic oxidation sites excluding steroid dienone is 5. The van der Waals surface area contributed by atoms with E-state index in [0.29, 0.717) is 57.2 Å². The third kappa shape index (κ3) is 7.68. The number of alkyl halides is 3. The van der Waals surface area contributed by atoms with Crippen LogP contribution in [0.15, 0.2) is 90.0 Å². The van der Waals surface area contributed by atoms with Gasteiger partial charge in [-0.1, -0.05) is 60.7 Å². The quantitative estimate of drug-likeness (QED) is 0.412. The van der Waals surface area contributed by atoms with Crippen molar-refractivity contribution in [3.05, 3.63) is 107 Å². The summed E-state index contributed by atoms with van der Waals surface area (Å²) in [6, 6.07) is 15.7. The molecule has 39 heavy (non-hydrogen) atoms. The van der Waals surface area contributed by atoms with E-state index in [2.05, 4.69) is 5.32 Å². The molecule has 4 nitrogen and oxygen atoms in total. The molecule has 0 aromatic heterocycles. The molecule has 0 atom stereocenters. The highest BCUT2D eigenvalue weighted by molar-refractivity contribution is 5.84. The molecule has 1 fully saturated rings. The standard InChI is InChI=1S/C31H32F4N2O2/c32-27-13-10-24(11-14-27)21-30(29(39)36-22-25-8-4-5-9-26(20-25)31(33,34)35)16-18-37(19-17-30)28(38)15-12-23-6-2-1-3-7-23/h1-7,9-11,13-14,20H,8,12,15-19,21-22H2,(H,36,39). The fourth-order valence-electron chi connectivity index (χ4n) is 5.11. The zero-order valence-electron chi connectivity index (χ0n) is 21.6. The van der Waals surface area contributed by atoms with Gasteiger partial charge in [-0.3, -0.25) is 9.59 Å². The van der Waals surface area contributed by atoms with Crippen molar-refractivity contribution >= 4 is 11.8 Å². The molecule has 0 radical (unpaired) electrons. The molecule has 0 unspecified atom stereocenters. The summed E-state index contributed by atoms with van der Waals surface area (Å²) in [6.07, 6.45) is 3.08. The Morgan fingerprint density at radius 2 is 1.64 bits per heavy atom. The van der Waals surface area contributed by atoms with Crippen LogP contribution in [0.5, 0.6) is 0 Å². The third-order valence-electron chi connectivity index (χ3n) is 7.44. The second kappa shape index (κ2) is 12.5. The van der Waals surface area contributed by atoms with Gasteiger partial charge >= 0.3 is 6.18 Å². The van der Waals surface area contributed by atoms with Crippen LogP contribution in [-0.2, 0) is 22.4 Å². The number of carbonyl (C=O) groups is 2. The molecule has 2 aliphatic rings. The number of aryl methyl sites for hydroxylation is 1. The van der Waals surface area contributed by atoms with Crippen LogP contribution in [0.4, 0.5) is 17.6 Å². The van der Waals surface area contributed by atoms with Crippen LogP contribution >= 0.6 is 0 Å². The molecule has 1 saturated heterocycles. The van der Waals surface area contributed by atoms with Crippen LogP contribution in [-0.4, -0.2) is 42.5 Å². The number of nitrogens with one attached hydrogen (secondary N) is 1. The van der Waals surface area contributed by atoms with E-state index in [9.17, 15) is 27.2 Å². The zero-order valence-corrected chi connectivity index (χ0v) is 21.6. The Bertz CT molecular complexity index is 1240. The molecule has 4 rings (SSSR count). The van der Waals surface area contributed by atoms with E-state index >= 15 is 0 Å². The van der Waals surface area contributed by atoms with Crippen LogP contribution < -0.4 is 5.32 Å². The van der Waals surface area contributed by atoms with Gasteiger partial charge in [0, 0.05) is 26.1 Å². The van der Waals surface area contributed by atoms with Crippen molar-refractivity contribution in [3.8, 4) is 0 Å². The van der Waals surface area contributed by atoms with Gasteiger partial charge in [0.15, 0.2) is 0 Å². The van der Waals surface area contributed by atoms with Gasteiger partial charge in [-0.15, -0.1) is 0 Å². The average Bonchev–Trinajstić information content (AvgIpc) is 3.19. The predicted octanol–water partition coefficient (Wildman–Crippen LogP) is 6.10. The lowest BCUT2D eigenvalue weighted by molar-refractivity contribution is -0.140. The number of piperidine rings is 1. The molecule has 0 bridgehead atoms. The van der Waals surface area contributed by atoms with E-state index < -0.39 is 17.2 Å². The number of amides is 2. The average molecular weight is 541 g/mol. The first kappa shape index (κ1) is 28.3. The minimum absolute atomic E-state index is 0.0124. The topological polar surface area (TPSA) is 49.4 Å². The van der Waals surface area contributed by atoms with Crippen LogP contribution in [0, 0.1) is 11.2 Å². The summed E-state index contributed by atoms with van der Waals surface area (Å²) in [5.74, 6) is -0.621. The van der Waals surface area contributed by atoms with Crippen LogP contribution in [0.3, 0.4) is 0 Å². The van der Waals surface area contributed by atoms with Crippen molar-refractivity contribution in [2.45, 2.75) is 44.7 Å². The van der Waals surface area contributed by atoms with Crippen LogP contribution in [0.1, 0.15) is 36.8 Å². The number of rotatable bonds is 8. The maximum Gasteiger partial charge on any atom is 0.416 e. The summed E-state index contributed by atoms with van der Waals surface area (Å²) < 4.78 is 53.3. The van der Waals surface area contributed by atoms with Crippen molar-refractivity contribution < 1.29 is 27.2 Å². The Morgan fingerprint density at radius 3 is 2.31 bits per heavy atom. The van der Waals surface area contributed by atoms with Gasteiger partial charge in [0.1, 0.15) is 5.82 Å². The van der Waals surface area contributed by atoms with E-state index in [1.54, 1.807) is 23.1 Å². The molecule has 2 aromatic rings. The monoisotopic (exact) mass is 540 g/mol. The molecule has 206 valence electrons. The molecule has 1 N–H and O–H groups in total. The number of benzene rings is 2. The Hall–Kier alpha value is -3.68. The molecule has 2 aromatic carbocycles. The Morgan fingerprint density at radius 1 is 0.949 bits per heavy atom. The van der Waals surface area contributed by atoms with E-state index in [0.717, 1.165) is 23.3 Å². The molecule has 1 aliphatic heterocycles. The van der Waals surface area contributed by atoms with Gasteiger partial charge in [0.2, 0.25) is 11.8 Å². The SMILES string of the molecule is O=C(CCc1ccccc1)N1CCC(Cc2ccc(F)cc2)(C(=O)NCC2=CC(C(F)(F)F)=CC=CC2)CC1. The predicted molar refractivity (Wildman–Crippen MR) is 142 cm³/mol. The van der Waals surface area contributed by atoms with E-state index in [-0.39, 0.29) is 24.2 Å². The van der Waals surface area contributed by atoms with E-state index in [1.165, 1.54) is 18.2 Å². The van der Waals surface area contributed by atoms with Crippen LogP contribution in [0.2, 0.25) is 0 Å². The van der Waals surface area contributed by atoms with Gasteiger partial charge in [-0.05, 0) is 67.0 Å². The Labute approximate surface area is 226 Å². The first-order valence-corrected chi connectivity index (χ1v) is 13.1. The largest absolute Gasteiger partial charge is 0.416 e. The fourth-order valence-corrected chi connectivity index (χ4v) is 5.11. The molecule has 1 heterocycles. The van der Waals surface area contributed by atoms with E-state index in [1.807, 2.05) is 30.3 Å². The van der Waals surface area contributed by atoms with Gasteiger partial charge in [-0.2, -0.15) is 13.2 Å². The smallest absolute Gasteiger partial charge is 0.352 e. The molecule has 0 saturated carbocycles. The lowest BCUT2D eigenvalue weighted by Gasteiger charge is -2.41. The number of nitrogens with zero attached hydrogens (tertiary/aromatic N) is 1. The van der Waals surface area contributed by atoms with Crippen molar-refractivity contribution in [2.75, 3.05) is 19.6 Å². The fraction of sp³-hybridized carbons (Fsp3) is 0.355. The summed E-state index contributed by atoms with van der Waals surface area (Å²) in [6.45, 7) is 0.782. The summed E-state index contributed by atoms with van der Waals surface area (Å²) in [7, 11) is 0. The highest BCUT2D eigenvalue weighted by Crippen LogP contribution is 2.36. The summed E-state index contributed by atoms with van der Waals surface area (Å²) >= 11 is 0. The molecule has 0 spiro atoms. The first-order chi connectivity index (χ1) is 18.6. The second-order valence-electron chi connectivity index (χ2n) is 10.2. The number of likely N-dealkylation sites (tertiary alicyclic amines) is 1. The molecule has 8 heteroatoms. The molecular formula is C31H32F4N2O2. The normalized spacial score (nSPS) is 17.2. The van der Waals surface area contributed by atoms with Gasteiger partial charge in [0.25, 0.3) is 0 Å². The van der Waals surface area contributed by atoms with Crippen molar-refractivity contribution in [1.29, 1.82) is 0 Å². The van der Waals surface area contributed by atoms with E-state index in [4.69, 9.17) is 0 Å². The van der Waals surface area contributed by atoms with Crippen molar-refractivity contribution in [2.24, 2.45) is 5.41 Å². The lowest BCUT2D eigenvalue weighted by atomic mass is 9.72. The lowest BCUT2D eigenvalue weighted by Crippen LogP contribution is -2.51. The summed E-state index contributed by atoms with van der Waals surface area (Å²) in [4.78, 5) is 28.3. The van der Waals surface area contributed by atoms with Crippen molar-refractivity contribution in [3.63, 3.8) is 0 Å². The van der Waals surface area contributed by atoms with Crippen LogP contribution in [0.25, 0.3) is 0 Å². The van der Waals surface area contributed by atoms with Crippen molar-refractivity contribution in [1.82, 2.24) is 10.2 Å². The Balaban J connectivity index is 1.44. The Kier molecular flexibility index (Phi) is 9.04. The summed E-state index contributed by atoms with van der Waals surface area (Å²) in [5.41, 5.74) is 0.695. The molecule has 2 amide bonds. The maximum atomic E-state index is 13.6. The minimum atomic E-state index is -4.48. The third-order valence-corrected chi connectivity index (χ3v) is 7.44.